The molecule has 0 heterocycles. The second-order valence-electron chi connectivity index (χ2n) is 2.89. The fourth-order valence-electron chi connectivity index (χ4n) is 1.27. The number of halogens is 1. The average molecular weight is 258 g/mol. The summed E-state index contributed by atoms with van der Waals surface area (Å²) in [7, 11) is 0. The van der Waals surface area contributed by atoms with Crippen LogP contribution in [0.15, 0.2) is 30.3 Å². The van der Waals surface area contributed by atoms with Crippen LogP contribution in [0.4, 0.5) is 4.79 Å². The summed E-state index contributed by atoms with van der Waals surface area (Å²) in [6.45, 7) is 0. The molecule has 0 aliphatic rings. The summed E-state index contributed by atoms with van der Waals surface area (Å²) in [5.74, 6) is 0. The van der Waals surface area contributed by atoms with Gasteiger partial charge in [-0.25, -0.2) is 4.79 Å². The number of rotatable bonds is 4. The van der Waals surface area contributed by atoms with E-state index in [2.05, 4.69) is 21.2 Å². The van der Waals surface area contributed by atoms with Crippen molar-refractivity contribution in [2.45, 2.75) is 12.5 Å². The average Bonchev–Trinajstić information content (AvgIpc) is 2.18. The van der Waals surface area contributed by atoms with Gasteiger partial charge in [0.2, 0.25) is 0 Å². The van der Waals surface area contributed by atoms with E-state index in [0.717, 1.165) is 17.3 Å². The fourth-order valence-corrected chi connectivity index (χ4v) is 1.72. The minimum atomic E-state index is -0.986. The Hall–Kier alpha value is -1.03. The third-order valence-electron chi connectivity index (χ3n) is 1.90. The Morgan fingerprint density at radius 1 is 1.43 bits per heavy atom. The molecule has 0 saturated carbocycles. The second-order valence-corrected chi connectivity index (χ2v) is 3.68. The van der Waals surface area contributed by atoms with Gasteiger partial charge >= 0.3 is 6.09 Å². The lowest BCUT2D eigenvalue weighted by Crippen LogP contribution is -2.26. The van der Waals surface area contributed by atoms with Crippen molar-refractivity contribution >= 4 is 22.0 Å². The van der Waals surface area contributed by atoms with E-state index in [9.17, 15) is 4.79 Å². The van der Waals surface area contributed by atoms with E-state index in [4.69, 9.17) is 5.11 Å². The molecule has 1 aromatic carbocycles. The summed E-state index contributed by atoms with van der Waals surface area (Å²) in [5, 5.41) is 11.9. The van der Waals surface area contributed by atoms with Gasteiger partial charge in [0.1, 0.15) is 0 Å². The molecular weight excluding hydrogens is 246 g/mol. The number of nitrogens with one attached hydrogen (secondary N) is 1. The molecule has 4 heteroatoms. The smallest absolute Gasteiger partial charge is 0.405 e. The highest BCUT2D eigenvalue weighted by Crippen LogP contribution is 2.17. The van der Waals surface area contributed by atoms with Crippen molar-refractivity contribution < 1.29 is 9.90 Å². The molecule has 0 aromatic heterocycles. The first kappa shape index (κ1) is 11.0. The summed E-state index contributed by atoms with van der Waals surface area (Å²) in [6.07, 6.45) is -0.240. The Kier molecular flexibility index (Phi) is 4.46. The molecule has 1 rings (SSSR count). The maximum atomic E-state index is 10.5. The number of carbonyl (C=O) groups is 1. The zero-order chi connectivity index (χ0) is 10.4. The van der Waals surface area contributed by atoms with E-state index >= 15 is 0 Å². The van der Waals surface area contributed by atoms with E-state index in [1.54, 1.807) is 0 Å². The van der Waals surface area contributed by atoms with Crippen molar-refractivity contribution in [3.63, 3.8) is 0 Å². The highest BCUT2D eigenvalue weighted by atomic mass is 79.9. The molecule has 1 atom stereocenters. The molecule has 76 valence electrons. The van der Waals surface area contributed by atoms with Crippen LogP contribution < -0.4 is 5.32 Å². The maximum Gasteiger partial charge on any atom is 0.405 e. The van der Waals surface area contributed by atoms with Crippen molar-refractivity contribution in [3.8, 4) is 0 Å². The van der Waals surface area contributed by atoms with E-state index in [1.165, 1.54) is 0 Å². The number of benzene rings is 1. The van der Waals surface area contributed by atoms with Gasteiger partial charge in [0.25, 0.3) is 0 Å². The quantitative estimate of drug-likeness (QED) is 0.816. The third kappa shape index (κ3) is 3.38. The lowest BCUT2D eigenvalue weighted by molar-refractivity contribution is 0.189. The van der Waals surface area contributed by atoms with Crippen molar-refractivity contribution in [1.29, 1.82) is 0 Å². The Balaban J connectivity index is 2.72. The van der Waals surface area contributed by atoms with Crippen LogP contribution in [0.25, 0.3) is 0 Å². The van der Waals surface area contributed by atoms with E-state index in [0.29, 0.717) is 0 Å². The molecule has 0 aliphatic heterocycles. The van der Waals surface area contributed by atoms with Gasteiger partial charge in [-0.05, 0) is 12.0 Å². The second kappa shape index (κ2) is 5.65. The normalized spacial score (nSPS) is 12.1. The van der Waals surface area contributed by atoms with Gasteiger partial charge in [0, 0.05) is 5.33 Å². The lowest BCUT2D eigenvalue weighted by atomic mass is 10.1. The number of hydrogen-bond acceptors (Lipinski definition) is 1. The molecule has 0 aliphatic carbocycles. The van der Waals surface area contributed by atoms with Crippen LogP contribution in [-0.2, 0) is 0 Å². The van der Waals surface area contributed by atoms with E-state index in [1.807, 2.05) is 30.3 Å². The molecule has 14 heavy (non-hydrogen) atoms. The van der Waals surface area contributed by atoms with Gasteiger partial charge < -0.3 is 10.4 Å². The van der Waals surface area contributed by atoms with Gasteiger partial charge in [0.15, 0.2) is 0 Å². The van der Waals surface area contributed by atoms with Crippen molar-refractivity contribution in [3.05, 3.63) is 35.9 Å². The largest absolute Gasteiger partial charge is 0.465 e. The number of amides is 1. The number of alkyl halides is 1. The Morgan fingerprint density at radius 3 is 2.57 bits per heavy atom. The molecule has 0 radical (unpaired) electrons. The predicted molar refractivity (Wildman–Crippen MR) is 58.8 cm³/mol. The van der Waals surface area contributed by atoms with Crippen LogP contribution in [0.1, 0.15) is 18.0 Å². The molecular formula is C10H12BrNO2. The van der Waals surface area contributed by atoms with Gasteiger partial charge in [-0.3, -0.25) is 0 Å². The minimum Gasteiger partial charge on any atom is -0.465 e. The first-order valence-corrected chi connectivity index (χ1v) is 5.46. The molecule has 1 unspecified atom stereocenters. The van der Waals surface area contributed by atoms with Crippen molar-refractivity contribution in [2.75, 3.05) is 5.33 Å². The van der Waals surface area contributed by atoms with Gasteiger partial charge in [-0.15, -0.1) is 0 Å². The molecule has 0 fully saturated rings. The van der Waals surface area contributed by atoms with Crippen molar-refractivity contribution in [2.24, 2.45) is 0 Å². The maximum absolute atomic E-state index is 10.5. The first-order chi connectivity index (χ1) is 6.74. The van der Waals surface area contributed by atoms with Crippen LogP contribution >= 0.6 is 15.9 Å². The summed E-state index contributed by atoms with van der Waals surface area (Å²) >= 11 is 3.30. The Bertz CT molecular complexity index is 289. The molecule has 3 nitrogen and oxygen atoms in total. The summed E-state index contributed by atoms with van der Waals surface area (Å²) in [6, 6.07) is 9.43. The first-order valence-electron chi connectivity index (χ1n) is 4.34. The molecule has 0 bridgehead atoms. The molecule has 1 amide bonds. The minimum absolute atomic E-state index is 0.131. The fraction of sp³-hybridized carbons (Fsp3) is 0.300. The SMILES string of the molecule is O=C(O)NC(CCBr)c1ccccc1. The number of carboxylic acid groups (broad SMARTS) is 1. The molecule has 1 aromatic rings. The zero-order valence-electron chi connectivity index (χ0n) is 7.61. The van der Waals surface area contributed by atoms with E-state index < -0.39 is 6.09 Å². The Labute approximate surface area is 91.3 Å². The topological polar surface area (TPSA) is 49.3 Å². The molecule has 2 N–H and O–H groups in total. The third-order valence-corrected chi connectivity index (χ3v) is 2.36. The van der Waals surface area contributed by atoms with Crippen LogP contribution in [-0.4, -0.2) is 16.5 Å². The predicted octanol–water partition coefficient (Wildman–Crippen LogP) is 2.78. The summed E-state index contributed by atoms with van der Waals surface area (Å²) < 4.78 is 0. The van der Waals surface area contributed by atoms with Gasteiger partial charge in [0.05, 0.1) is 6.04 Å². The Morgan fingerprint density at radius 2 is 2.07 bits per heavy atom. The van der Waals surface area contributed by atoms with Crippen LogP contribution in [0.3, 0.4) is 0 Å². The molecule has 0 saturated heterocycles. The molecule has 0 spiro atoms. The summed E-state index contributed by atoms with van der Waals surface area (Å²) in [4.78, 5) is 10.5. The number of hydrogen-bond donors (Lipinski definition) is 2. The van der Waals surface area contributed by atoms with Gasteiger partial charge in [-0.1, -0.05) is 46.3 Å². The lowest BCUT2D eigenvalue weighted by Gasteiger charge is -2.15. The van der Waals surface area contributed by atoms with Crippen LogP contribution in [0.2, 0.25) is 0 Å². The standard InChI is InChI=1S/C10H12BrNO2/c11-7-6-9(12-10(13)14)8-4-2-1-3-5-8/h1-5,9,12H,6-7H2,(H,13,14). The highest BCUT2D eigenvalue weighted by Gasteiger charge is 2.12. The van der Waals surface area contributed by atoms with Gasteiger partial charge in [-0.2, -0.15) is 0 Å². The van der Waals surface area contributed by atoms with Crippen molar-refractivity contribution in [1.82, 2.24) is 5.32 Å². The monoisotopic (exact) mass is 257 g/mol. The zero-order valence-corrected chi connectivity index (χ0v) is 9.20. The summed E-state index contributed by atoms with van der Waals surface area (Å²) in [5.41, 5.74) is 0.995. The highest BCUT2D eigenvalue weighted by molar-refractivity contribution is 9.09. The van der Waals surface area contributed by atoms with E-state index in [-0.39, 0.29) is 6.04 Å². The van der Waals surface area contributed by atoms with Crippen LogP contribution in [0, 0.1) is 0 Å². The van der Waals surface area contributed by atoms with Crippen LogP contribution in [0.5, 0.6) is 0 Å².